The Balaban J connectivity index is 0.000000235. The zero-order valence-electron chi connectivity index (χ0n) is 23.2. The van der Waals surface area contributed by atoms with Crippen LogP contribution in [0.15, 0.2) is 110 Å². The summed E-state index contributed by atoms with van der Waals surface area (Å²) >= 11 is 0. The van der Waals surface area contributed by atoms with Gasteiger partial charge in [0.05, 0.1) is 33.0 Å². The van der Waals surface area contributed by atoms with Crippen LogP contribution < -0.4 is 9.47 Å². The maximum atomic E-state index is 10.9. The summed E-state index contributed by atoms with van der Waals surface area (Å²) in [6.45, 7) is 18.7. The summed E-state index contributed by atoms with van der Waals surface area (Å²) in [5.74, 6) is 1.15. The van der Waals surface area contributed by atoms with Gasteiger partial charge < -0.3 is 19.3 Å². The highest BCUT2D eigenvalue weighted by Gasteiger charge is 2.01. The van der Waals surface area contributed by atoms with Crippen LogP contribution in [0, 0.1) is 13.1 Å². The van der Waals surface area contributed by atoms with Crippen LogP contribution in [0.3, 0.4) is 0 Å². The third-order valence-corrected chi connectivity index (χ3v) is 5.91. The van der Waals surface area contributed by atoms with E-state index in [4.69, 9.17) is 32.5 Å². The summed E-state index contributed by atoms with van der Waals surface area (Å²) in [7, 11) is 0. The van der Waals surface area contributed by atoms with E-state index in [1.807, 2.05) is 84.9 Å². The van der Waals surface area contributed by atoms with Gasteiger partial charge in [0.25, 0.3) is 0 Å². The van der Waals surface area contributed by atoms with E-state index in [2.05, 4.69) is 16.3 Å². The highest BCUT2D eigenvalue weighted by atomic mass is 16.5. The van der Waals surface area contributed by atoms with Crippen LogP contribution in [0.2, 0.25) is 0 Å². The molecule has 0 radical (unpaired) electrons. The van der Waals surface area contributed by atoms with Gasteiger partial charge in [-0.05, 0) is 46.5 Å². The van der Waals surface area contributed by atoms with Crippen molar-refractivity contribution in [1.82, 2.24) is 0 Å². The summed E-state index contributed by atoms with van der Waals surface area (Å²) in [5, 5.41) is 8.68. The molecule has 0 saturated heterocycles. The van der Waals surface area contributed by atoms with Crippen LogP contribution in [0.25, 0.3) is 31.9 Å². The predicted molar refractivity (Wildman–Crippen MR) is 165 cm³/mol. The second kappa shape index (κ2) is 17.3. The molecule has 0 aromatic heterocycles. The molecule has 0 atom stereocenters. The van der Waals surface area contributed by atoms with E-state index >= 15 is 0 Å². The number of hydrogen-bond acceptors (Lipinski definition) is 5. The van der Waals surface area contributed by atoms with E-state index in [1.54, 1.807) is 12.1 Å². The molecule has 212 valence electrons. The van der Waals surface area contributed by atoms with Crippen molar-refractivity contribution in [2.45, 2.75) is 12.8 Å². The number of hydrogen-bond donors (Lipinski definition) is 1. The molecule has 4 aromatic carbocycles. The van der Waals surface area contributed by atoms with Crippen LogP contribution in [0.4, 0.5) is 11.4 Å². The third kappa shape index (κ3) is 10.3. The van der Waals surface area contributed by atoms with Gasteiger partial charge >= 0.3 is 5.97 Å². The molecular weight excluding hydrogens is 528 g/mol. The monoisotopic (exact) mass is 560 g/mol. The van der Waals surface area contributed by atoms with Gasteiger partial charge in [0, 0.05) is 25.5 Å². The summed E-state index contributed by atoms with van der Waals surface area (Å²) in [6.07, 6.45) is 2.41. The molecule has 0 heterocycles. The Morgan fingerprint density at radius 2 is 1.02 bits per heavy atom. The van der Waals surface area contributed by atoms with Gasteiger partial charge in [0.15, 0.2) is 11.4 Å². The lowest BCUT2D eigenvalue weighted by molar-refractivity contribution is -0.137. The van der Waals surface area contributed by atoms with Crippen molar-refractivity contribution >= 4 is 17.3 Å². The lowest BCUT2D eigenvalue weighted by atomic mass is 10.1. The zero-order valence-corrected chi connectivity index (χ0v) is 23.2. The highest BCUT2D eigenvalue weighted by Crippen LogP contribution is 2.26. The Labute approximate surface area is 246 Å². The molecule has 7 heteroatoms. The molecular formula is C35H32N2O5. The fraction of sp³-hybridized carbons (Fsp3) is 0.171. The van der Waals surface area contributed by atoms with Gasteiger partial charge in [0.2, 0.25) is 0 Å². The Bertz CT molecular complexity index is 1480. The summed E-state index contributed by atoms with van der Waals surface area (Å²) < 4.78 is 15.9. The molecule has 0 bridgehead atoms. The normalized spacial score (nSPS) is 9.79. The van der Waals surface area contributed by atoms with Gasteiger partial charge in [-0.15, -0.1) is 0 Å². The Morgan fingerprint density at radius 3 is 1.38 bits per heavy atom. The first-order chi connectivity index (χ1) is 20.6. The summed E-state index contributed by atoms with van der Waals surface area (Å²) in [4.78, 5) is 17.6. The molecule has 0 aliphatic heterocycles. The maximum absolute atomic E-state index is 10.9. The van der Waals surface area contributed by atoms with Crippen molar-refractivity contribution in [2.24, 2.45) is 0 Å². The van der Waals surface area contributed by atoms with Crippen molar-refractivity contribution in [3.63, 3.8) is 0 Å². The number of benzene rings is 4. The molecule has 0 aliphatic carbocycles. The second-order valence-electron chi connectivity index (χ2n) is 8.87. The molecule has 0 fully saturated rings. The quantitative estimate of drug-likeness (QED) is 0.0821. The van der Waals surface area contributed by atoms with E-state index in [1.165, 1.54) is 0 Å². The van der Waals surface area contributed by atoms with E-state index in [0.29, 0.717) is 44.0 Å². The van der Waals surface area contributed by atoms with Crippen molar-refractivity contribution in [1.29, 1.82) is 0 Å². The van der Waals surface area contributed by atoms with E-state index in [0.717, 1.165) is 39.8 Å². The molecule has 4 aromatic rings. The number of aliphatic hydroxyl groups is 1. The van der Waals surface area contributed by atoms with E-state index in [-0.39, 0.29) is 6.61 Å². The predicted octanol–water partition coefficient (Wildman–Crippen LogP) is 8.07. The van der Waals surface area contributed by atoms with Crippen LogP contribution in [0.5, 0.6) is 11.5 Å². The number of esters is 1. The molecule has 7 nitrogen and oxygen atoms in total. The van der Waals surface area contributed by atoms with Gasteiger partial charge in [-0.25, -0.2) is 14.5 Å². The lowest BCUT2D eigenvalue weighted by Gasteiger charge is -2.08. The van der Waals surface area contributed by atoms with Gasteiger partial charge in [-0.1, -0.05) is 79.4 Å². The highest BCUT2D eigenvalue weighted by molar-refractivity contribution is 5.81. The maximum Gasteiger partial charge on any atom is 0.330 e. The average Bonchev–Trinajstić information content (AvgIpc) is 3.05. The molecule has 4 rings (SSSR count). The van der Waals surface area contributed by atoms with Gasteiger partial charge in [-0.2, -0.15) is 0 Å². The minimum absolute atomic E-state index is 0.144. The number of nitrogens with zero attached hydrogens (tertiary/aromatic N) is 2. The number of carbonyl (C=O) groups excluding carboxylic acids is 1. The standard InChI is InChI=1S/C19H17NO3.C16H15NO2/c1-3-19(21)23-14-4-13-22-18-11-7-16(8-12-18)15-5-9-17(20-2)10-6-15;1-17-15-7-3-13(4-8-15)14-5-9-16(10-6-14)19-12-2-11-18/h3,5-12H,1,4,13-14H2;3-10,18H,2,11-12H2. The second-order valence-corrected chi connectivity index (χ2v) is 8.87. The molecule has 0 unspecified atom stereocenters. The fourth-order valence-corrected chi connectivity index (χ4v) is 3.68. The van der Waals surface area contributed by atoms with Crippen LogP contribution in [-0.2, 0) is 9.53 Å². The van der Waals surface area contributed by atoms with E-state index < -0.39 is 5.97 Å². The van der Waals surface area contributed by atoms with E-state index in [9.17, 15) is 4.79 Å². The topological polar surface area (TPSA) is 73.7 Å². The first kappa shape index (κ1) is 31.2. The molecule has 0 aliphatic rings. The third-order valence-electron chi connectivity index (χ3n) is 5.91. The van der Waals surface area contributed by atoms with Gasteiger partial charge in [-0.3, -0.25) is 0 Å². The SMILES string of the molecule is [C-]#[N+]c1ccc(-c2ccc(OCCCO)cc2)cc1.[C-]#[N+]c1ccc(-c2ccc(OCCCOC(=O)C=C)cc2)cc1. The smallest absolute Gasteiger partial charge is 0.330 e. The Hall–Kier alpha value is -5.37. The molecule has 0 amide bonds. The number of ether oxygens (including phenoxy) is 3. The van der Waals surface area contributed by atoms with Crippen molar-refractivity contribution in [3.05, 3.63) is 133 Å². The Morgan fingerprint density at radius 1 is 0.643 bits per heavy atom. The lowest BCUT2D eigenvalue weighted by Crippen LogP contribution is -2.06. The zero-order chi connectivity index (χ0) is 30.0. The first-order valence-electron chi connectivity index (χ1n) is 13.4. The van der Waals surface area contributed by atoms with Crippen LogP contribution in [0.1, 0.15) is 12.8 Å². The molecule has 42 heavy (non-hydrogen) atoms. The summed E-state index contributed by atoms with van der Waals surface area (Å²) in [6, 6.07) is 30.5. The molecule has 0 spiro atoms. The average molecular weight is 561 g/mol. The first-order valence-corrected chi connectivity index (χ1v) is 13.4. The Kier molecular flexibility index (Phi) is 12.9. The van der Waals surface area contributed by atoms with Crippen molar-refractivity contribution in [2.75, 3.05) is 26.4 Å². The largest absolute Gasteiger partial charge is 0.494 e. The van der Waals surface area contributed by atoms with Crippen molar-refractivity contribution < 1.29 is 24.1 Å². The summed E-state index contributed by atoms with van der Waals surface area (Å²) in [5.41, 5.74) is 5.56. The minimum atomic E-state index is -0.418. The van der Waals surface area contributed by atoms with Crippen LogP contribution in [-0.4, -0.2) is 37.5 Å². The number of aliphatic hydroxyl groups excluding tert-OH is 1. The fourth-order valence-electron chi connectivity index (χ4n) is 3.68. The van der Waals surface area contributed by atoms with Gasteiger partial charge in [0.1, 0.15) is 11.5 Å². The van der Waals surface area contributed by atoms with Crippen molar-refractivity contribution in [3.8, 4) is 33.8 Å². The number of rotatable bonds is 12. The molecule has 1 N–H and O–H groups in total. The minimum Gasteiger partial charge on any atom is -0.494 e. The van der Waals surface area contributed by atoms with Crippen LogP contribution >= 0.6 is 0 Å². The molecule has 0 saturated carbocycles. The number of carbonyl (C=O) groups is 1.